The van der Waals surface area contributed by atoms with Crippen LogP contribution in [0.4, 0.5) is 11.4 Å². The van der Waals surface area contributed by atoms with Crippen LogP contribution in [0.1, 0.15) is 32.1 Å². The molecule has 1 aromatic heterocycles. The summed E-state index contributed by atoms with van der Waals surface area (Å²) in [5, 5.41) is 20.5. The number of rotatable bonds is 8. The highest BCUT2D eigenvalue weighted by atomic mass is 16.4. The Morgan fingerprint density at radius 3 is 1.35 bits per heavy atom. The molecule has 0 aliphatic heterocycles. The summed E-state index contributed by atoms with van der Waals surface area (Å²) in [6, 6.07) is 17.0. The molecule has 0 bridgehead atoms. The van der Waals surface area contributed by atoms with Crippen LogP contribution in [-0.2, 0) is 0 Å². The largest absolute Gasteiger partial charge is 0.478 e. The standard InChI is InChI=1S/C23H23N7O4/c24-18(12-29(26)16-8-4-14(5-9-16)22(31)32)20-2-1-3-21(28-20)19(25)13-30(27)17-10-6-15(7-11-17)23(33)34/h1-13H,24-27H2,(H,31,32)(H,33,34)/b18-12-,19-13-. The predicted molar refractivity (Wildman–Crippen MR) is 129 cm³/mol. The van der Waals surface area contributed by atoms with E-state index < -0.39 is 11.9 Å². The Kier molecular flexibility index (Phi) is 7.11. The fourth-order valence-corrected chi connectivity index (χ4v) is 2.89. The van der Waals surface area contributed by atoms with E-state index in [1.807, 2.05) is 0 Å². The molecule has 2 aromatic carbocycles. The molecule has 11 nitrogen and oxygen atoms in total. The summed E-state index contributed by atoms with van der Waals surface area (Å²) in [4.78, 5) is 26.4. The Morgan fingerprint density at radius 2 is 1.03 bits per heavy atom. The van der Waals surface area contributed by atoms with Gasteiger partial charge in [-0.15, -0.1) is 0 Å². The Hall–Kier alpha value is -4.87. The SMILES string of the molecule is N/C(=C\N(N)c1ccc(C(=O)O)cc1)c1cccc(/C(N)=C/N(N)c2ccc(C(=O)O)cc2)n1. The molecule has 0 atom stereocenters. The average molecular weight is 461 g/mol. The van der Waals surface area contributed by atoms with Crippen LogP contribution in [0.15, 0.2) is 79.1 Å². The number of benzene rings is 2. The number of carboxylic acids is 2. The third-order valence-electron chi connectivity index (χ3n) is 4.72. The Labute approximate surface area is 194 Å². The lowest BCUT2D eigenvalue weighted by atomic mass is 10.2. The molecule has 0 saturated heterocycles. The monoisotopic (exact) mass is 461 g/mol. The van der Waals surface area contributed by atoms with E-state index in [1.54, 1.807) is 42.5 Å². The summed E-state index contributed by atoms with van der Waals surface area (Å²) in [6.45, 7) is 0. The summed E-state index contributed by atoms with van der Waals surface area (Å²) in [7, 11) is 0. The van der Waals surface area contributed by atoms with Gasteiger partial charge in [0.25, 0.3) is 0 Å². The lowest BCUT2D eigenvalue weighted by Crippen LogP contribution is -2.26. The smallest absolute Gasteiger partial charge is 0.335 e. The zero-order chi connectivity index (χ0) is 24.8. The van der Waals surface area contributed by atoms with E-state index in [2.05, 4.69) is 4.98 Å². The molecule has 3 rings (SSSR count). The molecular formula is C23H23N7O4. The minimum atomic E-state index is -1.04. The third-order valence-corrected chi connectivity index (χ3v) is 4.72. The predicted octanol–water partition coefficient (Wildman–Crippen LogP) is 1.75. The van der Waals surface area contributed by atoms with E-state index >= 15 is 0 Å². The van der Waals surface area contributed by atoms with Crippen molar-refractivity contribution >= 4 is 34.7 Å². The highest BCUT2D eigenvalue weighted by Crippen LogP contribution is 2.18. The maximum absolute atomic E-state index is 11.0. The first-order chi connectivity index (χ1) is 16.2. The molecule has 0 fully saturated rings. The Balaban J connectivity index is 1.78. The van der Waals surface area contributed by atoms with Crippen molar-refractivity contribution in [3.63, 3.8) is 0 Å². The van der Waals surface area contributed by atoms with Crippen LogP contribution in [0.25, 0.3) is 11.4 Å². The average Bonchev–Trinajstić information content (AvgIpc) is 2.84. The van der Waals surface area contributed by atoms with Crippen molar-refractivity contribution in [1.82, 2.24) is 4.98 Å². The van der Waals surface area contributed by atoms with Gasteiger partial charge < -0.3 is 21.7 Å². The summed E-state index contributed by atoms with van der Waals surface area (Å²) in [5.41, 5.74) is 14.9. The minimum Gasteiger partial charge on any atom is -0.478 e. The third kappa shape index (κ3) is 5.68. The maximum Gasteiger partial charge on any atom is 0.335 e. The highest BCUT2D eigenvalue weighted by Gasteiger charge is 2.09. The number of anilines is 2. The van der Waals surface area contributed by atoms with Crippen LogP contribution < -0.4 is 33.2 Å². The zero-order valence-corrected chi connectivity index (χ0v) is 17.9. The molecule has 174 valence electrons. The van der Waals surface area contributed by atoms with Crippen molar-refractivity contribution < 1.29 is 19.8 Å². The molecule has 0 radical (unpaired) electrons. The molecule has 0 aliphatic carbocycles. The first-order valence-electron chi connectivity index (χ1n) is 9.82. The van der Waals surface area contributed by atoms with Gasteiger partial charge in [0.15, 0.2) is 0 Å². The fourth-order valence-electron chi connectivity index (χ4n) is 2.89. The van der Waals surface area contributed by atoms with E-state index in [-0.39, 0.29) is 22.5 Å². The zero-order valence-electron chi connectivity index (χ0n) is 17.9. The number of carboxylic acid groups (broad SMARTS) is 2. The lowest BCUT2D eigenvalue weighted by Gasteiger charge is -2.16. The van der Waals surface area contributed by atoms with Gasteiger partial charge in [0.2, 0.25) is 0 Å². The molecule has 10 N–H and O–H groups in total. The number of hydrogen-bond donors (Lipinski definition) is 6. The first kappa shape index (κ1) is 23.8. The van der Waals surface area contributed by atoms with Crippen molar-refractivity contribution in [2.45, 2.75) is 0 Å². The molecule has 34 heavy (non-hydrogen) atoms. The number of hydrogen-bond acceptors (Lipinski definition) is 9. The number of aromatic nitrogens is 1. The molecular weight excluding hydrogens is 438 g/mol. The van der Waals surface area contributed by atoms with Crippen LogP contribution >= 0.6 is 0 Å². The quantitative estimate of drug-likeness (QED) is 0.211. The van der Waals surface area contributed by atoms with Gasteiger partial charge in [0.05, 0.1) is 45.3 Å². The lowest BCUT2D eigenvalue weighted by molar-refractivity contribution is 0.0686. The second-order valence-corrected chi connectivity index (χ2v) is 7.10. The van der Waals surface area contributed by atoms with E-state index in [1.165, 1.54) is 46.7 Å². The van der Waals surface area contributed by atoms with Crippen molar-refractivity contribution in [1.29, 1.82) is 0 Å². The van der Waals surface area contributed by atoms with E-state index in [9.17, 15) is 9.59 Å². The van der Waals surface area contributed by atoms with Gasteiger partial charge in [-0.1, -0.05) is 6.07 Å². The molecule has 0 saturated carbocycles. The van der Waals surface area contributed by atoms with E-state index in [0.29, 0.717) is 22.8 Å². The van der Waals surface area contributed by atoms with Crippen LogP contribution in [-0.4, -0.2) is 27.1 Å². The minimum absolute atomic E-state index is 0.137. The van der Waals surface area contributed by atoms with Gasteiger partial charge in [-0.25, -0.2) is 26.3 Å². The number of nitrogens with two attached hydrogens (primary N) is 4. The van der Waals surface area contributed by atoms with Crippen molar-refractivity contribution in [2.75, 3.05) is 10.0 Å². The van der Waals surface area contributed by atoms with Crippen LogP contribution in [0.2, 0.25) is 0 Å². The highest BCUT2D eigenvalue weighted by molar-refractivity contribution is 5.88. The van der Waals surface area contributed by atoms with Crippen molar-refractivity contribution in [3.05, 3.63) is 102 Å². The molecule has 0 amide bonds. The number of nitrogens with zero attached hydrogens (tertiary/aromatic N) is 3. The Morgan fingerprint density at radius 1 is 0.676 bits per heavy atom. The molecule has 0 spiro atoms. The molecule has 0 unspecified atom stereocenters. The summed E-state index contributed by atoms with van der Waals surface area (Å²) < 4.78 is 0. The number of aromatic carboxylic acids is 2. The summed E-state index contributed by atoms with van der Waals surface area (Å²) in [6.07, 6.45) is 2.89. The maximum atomic E-state index is 11.0. The second kappa shape index (κ2) is 10.2. The van der Waals surface area contributed by atoms with Crippen LogP contribution in [0.3, 0.4) is 0 Å². The second-order valence-electron chi connectivity index (χ2n) is 7.10. The number of pyridine rings is 1. The van der Waals surface area contributed by atoms with Crippen LogP contribution in [0, 0.1) is 0 Å². The Bertz CT molecular complexity index is 1160. The number of carbonyl (C=O) groups is 2. The van der Waals surface area contributed by atoms with Crippen molar-refractivity contribution in [3.8, 4) is 0 Å². The van der Waals surface area contributed by atoms with Crippen molar-refractivity contribution in [2.24, 2.45) is 23.2 Å². The van der Waals surface area contributed by atoms with Crippen LogP contribution in [0.5, 0.6) is 0 Å². The summed E-state index contributed by atoms with van der Waals surface area (Å²) in [5.74, 6) is 9.97. The van der Waals surface area contributed by atoms with Gasteiger partial charge >= 0.3 is 11.9 Å². The molecule has 0 aliphatic rings. The molecule has 3 aromatic rings. The fraction of sp³-hybridized carbons (Fsp3) is 0. The molecule has 1 heterocycles. The van der Waals surface area contributed by atoms with E-state index in [0.717, 1.165) is 0 Å². The van der Waals surface area contributed by atoms with E-state index in [4.69, 9.17) is 33.4 Å². The molecule has 11 heteroatoms. The number of hydrazine groups is 2. The van der Waals surface area contributed by atoms with Gasteiger partial charge in [0.1, 0.15) is 0 Å². The van der Waals surface area contributed by atoms with Gasteiger partial charge in [-0.2, -0.15) is 0 Å². The topological polar surface area (TPSA) is 198 Å². The first-order valence-corrected chi connectivity index (χ1v) is 9.82. The summed E-state index contributed by atoms with van der Waals surface area (Å²) >= 11 is 0. The van der Waals surface area contributed by atoms with Gasteiger partial charge in [-0.05, 0) is 60.7 Å². The van der Waals surface area contributed by atoms with Gasteiger partial charge in [-0.3, -0.25) is 10.0 Å². The normalized spacial score (nSPS) is 11.7. The van der Waals surface area contributed by atoms with Gasteiger partial charge in [0, 0.05) is 12.4 Å².